The zero-order chi connectivity index (χ0) is 11.7. The summed E-state index contributed by atoms with van der Waals surface area (Å²) in [5.74, 6) is 1.95. The van der Waals surface area contributed by atoms with Gasteiger partial charge in [0.2, 0.25) is 0 Å². The lowest BCUT2D eigenvalue weighted by molar-refractivity contribution is -0.369. The summed E-state index contributed by atoms with van der Waals surface area (Å²) in [7, 11) is 0. The summed E-state index contributed by atoms with van der Waals surface area (Å²) in [5, 5.41) is 0. The van der Waals surface area contributed by atoms with Crippen LogP contribution >= 0.6 is 11.8 Å². The predicted octanol–water partition coefficient (Wildman–Crippen LogP) is 3.86. The lowest BCUT2D eigenvalue weighted by Gasteiger charge is -2.40. The molecule has 1 aliphatic heterocycles. The molecule has 1 rings (SSSR count). The molecule has 2 nitrogen and oxygen atoms in total. The van der Waals surface area contributed by atoms with E-state index in [1.165, 1.54) is 12.2 Å². The van der Waals surface area contributed by atoms with Crippen molar-refractivity contribution in [2.45, 2.75) is 59.0 Å². The van der Waals surface area contributed by atoms with E-state index in [1.807, 2.05) is 32.5 Å². The van der Waals surface area contributed by atoms with Crippen LogP contribution in [-0.2, 0) is 9.78 Å². The van der Waals surface area contributed by atoms with Gasteiger partial charge in [0.1, 0.15) is 5.44 Å². The second-order valence-corrected chi connectivity index (χ2v) is 7.35. The zero-order valence-corrected chi connectivity index (χ0v) is 11.6. The van der Waals surface area contributed by atoms with Gasteiger partial charge in [0.05, 0.1) is 5.60 Å². The molecule has 0 aromatic rings. The van der Waals surface area contributed by atoms with Gasteiger partial charge in [-0.2, -0.15) is 0 Å². The highest BCUT2D eigenvalue weighted by Crippen LogP contribution is 2.43. The predicted molar refractivity (Wildman–Crippen MR) is 65.7 cm³/mol. The number of hydrogen-bond acceptors (Lipinski definition) is 3. The summed E-state index contributed by atoms with van der Waals surface area (Å²) < 4.78 is 0. The van der Waals surface area contributed by atoms with Gasteiger partial charge >= 0.3 is 0 Å². The third-order valence-electron chi connectivity index (χ3n) is 2.43. The van der Waals surface area contributed by atoms with Crippen molar-refractivity contribution in [1.82, 2.24) is 0 Å². The molecule has 0 saturated carbocycles. The number of thioether (sulfide) groups is 1. The van der Waals surface area contributed by atoms with E-state index in [0.29, 0.717) is 0 Å². The van der Waals surface area contributed by atoms with Crippen LogP contribution in [0.25, 0.3) is 0 Å². The van der Waals surface area contributed by atoms with Gasteiger partial charge in [0.15, 0.2) is 0 Å². The average Bonchev–Trinajstić information content (AvgIpc) is 1.98. The molecule has 90 valence electrons. The smallest absolute Gasteiger partial charge is 0.143 e. The molecule has 0 bridgehead atoms. The largest absolute Gasteiger partial charge is 0.230 e. The quantitative estimate of drug-likeness (QED) is 0.532. The summed E-state index contributed by atoms with van der Waals surface area (Å²) in [5.41, 5.74) is 0.140. The molecule has 15 heavy (non-hydrogen) atoms. The molecule has 2 unspecified atom stereocenters. The van der Waals surface area contributed by atoms with Gasteiger partial charge in [-0.1, -0.05) is 20.8 Å². The lowest BCUT2D eigenvalue weighted by Crippen LogP contribution is -2.38. The molecule has 1 heterocycles. The second kappa shape index (κ2) is 4.64. The highest BCUT2D eigenvalue weighted by molar-refractivity contribution is 7.99. The molecule has 0 aliphatic carbocycles. The van der Waals surface area contributed by atoms with Crippen molar-refractivity contribution in [2.75, 3.05) is 5.75 Å². The van der Waals surface area contributed by atoms with Gasteiger partial charge in [-0.05, 0) is 38.9 Å². The third-order valence-corrected chi connectivity index (χ3v) is 4.21. The summed E-state index contributed by atoms with van der Waals surface area (Å²) in [6, 6.07) is 0. The van der Waals surface area contributed by atoms with Crippen molar-refractivity contribution in [3.8, 4) is 0 Å². The van der Waals surface area contributed by atoms with Crippen LogP contribution in [0, 0.1) is 11.3 Å². The van der Waals surface area contributed by atoms with Crippen LogP contribution < -0.4 is 0 Å². The highest BCUT2D eigenvalue weighted by atomic mass is 32.2. The fraction of sp³-hybridized carbons (Fsp3) is 1.00. The summed E-state index contributed by atoms with van der Waals surface area (Å²) in [4.78, 5) is 11.0. The van der Waals surface area contributed by atoms with Gasteiger partial charge in [-0.15, -0.1) is 11.8 Å². The fourth-order valence-corrected chi connectivity index (χ4v) is 3.14. The SMILES string of the molecule is CC1CSC(OOC(C)(C)C)C(C)(C)C1. The molecule has 0 amide bonds. The summed E-state index contributed by atoms with van der Waals surface area (Å²) >= 11 is 1.87. The molecule has 0 spiro atoms. The van der Waals surface area contributed by atoms with E-state index < -0.39 is 0 Å². The van der Waals surface area contributed by atoms with Crippen LogP contribution in [0.2, 0.25) is 0 Å². The van der Waals surface area contributed by atoms with Crippen LogP contribution in [-0.4, -0.2) is 16.8 Å². The first-order chi connectivity index (χ1) is 6.71. The molecular weight excluding hydrogens is 208 g/mol. The highest BCUT2D eigenvalue weighted by Gasteiger charge is 2.38. The van der Waals surface area contributed by atoms with Gasteiger partial charge in [-0.25, -0.2) is 9.78 Å². The van der Waals surface area contributed by atoms with Crippen molar-refractivity contribution >= 4 is 11.8 Å². The Hall–Kier alpha value is 0.270. The van der Waals surface area contributed by atoms with Gasteiger partial charge in [0.25, 0.3) is 0 Å². The molecule has 0 N–H and O–H groups in total. The second-order valence-electron chi connectivity index (χ2n) is 6.26. The Morgan fingerprint density at radius 3 is 2.33 bits per heavy atom. The summed E-state index contributed by atoms with van der Waals surface area (Å²) in [6.45, 7) is 12.8. The Balaban J connectivity index is 2.48. The molecule has 2 atom stereocenters. The van der Waals surface area contributed by atoms with E-state index >= 15 is 0 Å². The molecule has 0 aromatic heterocycles. The lowest BCUT2D eigenvalue weighted by atomic mass is 9.84. The van der Waals surface area contributed by atoms with Crippen molar-refractivity contribution in [1.29, 1.82) is 0 Å². The minimum Gasteiger partial charge on any atom is -0.230 e. The van der Waals surface area contributed by atoms with Gasteiger partial charge < -0.3 is 0 Å². The summed E-state index contributed by atoms with van der Waals surface area (Å²) in [6.07, 6.45) is 1.21. The Bertz CT molecular complexity index is 208. The first kappa shape index (κ1) is 13.3. The number of hydrogen-bond donors (Lipinski definition) is 0. The van der Waals surface area contributed by atoms with E-state index in [0.717, 1.165) is 5.92 Å². The topological polar surface area (TPSA) is 18.5 Å². The molecule has 1 fully saturated rings. The van der Waals surface area contributed by atoms with Crippen LogP contribution in [0.15, 0.2) is 0 Å². The van der Waals surface area contributed by atoms with E-state index in [4.69, 9.17) is 9.78 Å². The Morgan fingerprint density at radius 1 is 1.27 bits per heavy atom. The van der Waals surface area contributed by atoms with Crippen LogP contribution in [0.1, 0.15) is 48.0 Å². The minimum atomic E-state index is -0.223. The first-order valence-electron chi connectivity index (χ1n) is 5.67. The Labute approximate surface area is 98.0 Å². The first-order valence-corrected chi connectivity index (χ1v) is 6.72. The molecule has 1 saturated heterocycles. The van der Waals surface area contributed by atoms with Gasteiger partial charge in [0, 0.05) is 5.41 Å². The van der Waals surface area contributed by atoms with Crippen LogP contribution in [0.5, 0.6) is 0 Å². The molecular formula is C12H24O2S. The maximum absolute atomic E-state index is 5.57. The zero-order valence-electron chi connectivity index (χ0n) is 10.8. The molecule has 3 heteroatoms. The van der Waals surface area contributed by atoms with E-state index in [9.17, 15) is 0 Å². The normalized spacial score (nSPS) is 31.6. The van der Waals surface area contributed by atoms with Crippen molar-refractivity contribution in [3.05, 3.63) is 0 Å². The standard InChI is InChI=1S/C12H24O2S/c1-9-7-12(5,6)10(15-8-9)13-14-11(2,3)4/h9-10H,7-8H2,1-6H3. The van der Waals surface area contributed by atoms with E-state index in [-0.39, 0.29) is 16.5 Å². The van der Waals surface area contributed by atoms with Crippen molar-refractivity contribution < 1.29 is 9.78 Å². The monoisotopic (exact) mass is 232 g/mol. The maximum atomic E-state index is 5.57. The van der Waals surface area contributed by atoms with Gasteiger partial charge in [-0.3, -0.25) is 0 Å². The van der Waals surface area contributed by atoms with E-state index in [1.54, 1.807) is 0 Å². The van der Waals surface area contributed by atoms with E-state index in [2.05, 4.69) is 20.8 Å². The Morgan fingerprint density at radius 2 is 1.87 bits per heavy atom. The van der Waals surface area contributed by atoms with Crippen molar-refractivity contribution in [3.63, 3.8) is 0 Å². The van der Waals surface area contributed by atoms with Crippen LogP contribution in [0.3, 0.4) is 0 Å². The molecule has 0 aromatic carbocycles. The third kappa shape index (κ3) is 4.33. The number of rotatable bonds is 2. The molecule has 1 aliphatic rings. The van der Waals surface area contributed by atoms with Crippen LogP contribution in [0.4, 0.5) is 0 Å². The Kier molecular flexibility index (Phi) is 4.13. The maximum Gasteiger partial charge on any atom is 0.143 e. The average molecular weight is 232 g/mol. The minimum absolute atomic E-state index is 0.160. The molecule has 0 radical (unpaired) electrons. The fourth-order valence-electron chi connectivity index (χ4n) is 1.88. The van der Waals surface area contributed by atoms with Crippen molar-refractivity contribution in [2.24, 2.45) is 11.3 Å².